The number of aromatic hydroxyl groups is 1. The molecule has 2 aromatic rings. The van der Waals surface area contributed by atoms with E-state index in [-0.39, 0.29) is 33.2 Å². The monoisotopic (exact) mass is 410 g/mol. The summed E-state index contributed by atoms with van der Waals surface area (Å²) in [6.07, 6.45) is 0. The van der Waals surface area contributed by atoms with Crippen LogP contribution in [0.1, 0.15) is 40.1 Å². The van der Waals surface area contributed by atoms with Gasteiger partial charge in [-0.3, -0.25) is 4.79 Å². The van der Waals surface area contributed by atoms with E-state index in [1.165, 1.54) is 6.07 Å². The number of carbonyl (C=O) groups is 2. The number of esters is 1. The first-order chi connectivity index (χ1) is 11.2. The lowest BCUT2D eigenvalue weighted by atomic mass is 9.98. The minimum Gasteiger partial charge on any atom is -0.506 e. The number of rotatable bonds is 4. The zero-order valence-electron chi connectivity index (χ0n) is 13.4. The molecule has 2 rings (SSSR count). The minimum atomic E-state index is -0.585. The third kappa shape index (κ3) is 3.79. The fourth-order valence-corrected chi connectivity index (χ4v) is 2.84. The van der Waals surface area contributed by atoms with E-state index in [2.05, 4.69) is 15.9 Å². The van der Waals surface area contributed by atoms with E-state index in [0.29, 0.717) is 16.1 Å². The molecule has 0 fully saturated rings. The Balaban J connectivity index is 2.38. The van der Waals surface area contributed by atoms with Crippen molar-refractivity contribution in [3.63, 3.8) is 0 Å². The van der Waals surface area contributed by atoms with Crippen molar-refractivity contribution in [2.75, 3.05) is 0 Å². The van der Waals surface area contributed by atoms with E-state index in [4.69, 9.17) is 16.3 Å². The van der Waals surface area contributed by atoms with Gasteiger partial charge in [-0.25, -0.2) is 4.79 Å². The molecule has 1 N–H and O–H groups in total. The van der Waals surface area contributed by atoms with Crippen molar-refractivity contribution in [2.45, 2.75) is 20.8 Å². The Kier molecular flexibility index (Phi) is 5.67. The van der Waals surface area contributed by atoms with E-state index in [1.54, 1.807) is 45.0 Å². The molecule has 0 atom stereocenters. The maximum absolute atomic E-state index is 12.2. The van der Waals surface area contributed by atoms with Gasteiger partial charge in [0.2, 0.25) is 0 Å². The highest BCUT2D eigenvalue weighted by atomic mass is 79.9. The predicted molar refractivity (Wildman–Crippen MR) is 96.1 cm³/mol. The van der Waals surface area contributed by atoms with E-state index in [9.17, 15) is 14.7 Å². The van der Waals surface area contributed by atoms with E-state index >= 15 is 0 Å². The van der Waals surface area contributed by atoms with Crippen molar-refractivity contribution in [3.05, 3.63) is 56.5 Å². The number of halogens is 2. The summed E-state index contributed by atoms with van der Waals surface area (Å²) in [5.74, 6) is -1.10. The molecule has 0 radical (unpaired) electrons. The van der Waals surface area contributed by atoms with Gasteiger partial charge in [-0.15, -0.1) is 0 Å². The van der Waals surface area contributed by atoms with Crippen LogP contribution < -0.4 is 4.74 Å². The molecule has 0 bridgehead atoms. The van der Waals surface area contributed by atoms with Gasteiger partial charge < -0.3 is 9.84 Å². The van der Waals surface area contributed by atoms with Gasteiger partial charge in [-0.2, -0.15) is 0 Å². The molecule has 0 spiro atoms. The largest absolute Gasteiger partial charge is 0.506 e. The first kappa shape index (κ1) is 18.5. The normalized spacial score (nSPS) is 10.8. The van der Waals surface area contributed by atoms with Gasteiger partial charge in [0.1, 0.15) is 10.2 Å². The smallest absolute Gasteiger partial charge is 0.343 e. The van der Waals surface area contributed by atoms with Crippen LogP contribution in [0.15, 0.2) is 34.8 Å². The number of Topliss-reactive ketones (excluding diaryl/α,β-unsaturated/α-hetero) is 1. The molecule has 0 amide bonds. The van der Waals surface area contributed by atoms with E-state index in [0.717, 1.165) is 0 Å². The standard InChI is InChI=1S/C18H16BrClO4/c1-9(2)15(21)13-8-10(3)17(14(19)16(13)22)24-18(23)11-4-6-12(20)7-5-11/h4-9,22H,1-3H3. The molecule has 4 nitrogen and oxygen atoms in total. The third-order valence-corrected chi connectivity index (χ3v) is 4.43. The quantitative estimate of drug-likeness (QED) is 0.428. The molecule has 0 aliphatic heterocycles. The highest BCUT2D eigenvalue weighted by molar-refractivity contribution is 9.10. The molecule has 24 heavy (non-hydrogen) atoms. The average molecular weight is 412 g/mol. The van der Waals surface area contributed by atoms with Crippen molar-refractivity contribution in [1.82, 2.24) is 0 Å². The molecular formula is C18H16BrClO4. The van der Waals surface area contributed by atoms with Gasteiger partial charge in [0, 0.05) is 10.9 Å². The van der Waals surface area contributed by atoms with Gasteiger partial charge in [-0.05, 0) is 58.7 Å². The SMILES string of the molecule is Cc1cc(C(=O)C(C)C)c(O)c(Br)c1OC(=O)c1ccc(Cl)cc1. The Labute approximate surface area is 153 Å². The zero-order chi connectivity index (χ0) is 18.0. The molecule has 126 valence electrons. The molecule has 6 heteroatoms. The first-order valence-corrected chi connectivity index (χ1v) is 8.43. The van der Waals surface area contributed by atoms with Crippen LogP contribution in [0, 0.1) is 12.8 Å². The highest BCUT2D eigenvalue weighted by Crippen LogP contribution is 2.40. The van der Waals surface area contributed by atoms with Gasteiger partial charge in [0.05, 0.1) is 11.1 Å². The Morgan fingerprint density at radius 3 is 2.33 bits per heavy atom. The molecule has 0 saturated carbocycles. The Bertz CT molecular complexity index is 798. The number of benzene rings is 2. The van der Waals surface area contributed by atoms with Crippen molar-refractivity contribution in [2.24, 2.45) is 5.92 Å². The lowest BCUT2D eigenvalue weighted by molar-refractivity contribution is 0.0732. The van der Waals surface area contributed by atoms with Gasteiger partial charge in [0.15, 0.2) is 11.5 Å². The molecule has 0 aliphatic rings. The maximum atomic E-state index is 12.2. The maximum Gasteiger partial charge on any atom is 0.343 e. The van der Waals surface area contributed by atoms with Crippen LogP contribution >= 0.6 is 27.5 Å². The second-order valence-electron chi connectivity index (χ2n) is 5.65. The van der Waals surface area contributed by atoms with Crippen molar-refractivity contribution in [3.8, 4) is 11.5 Å². The van der Waals surface area contributed by atoms with Crippen LogP contribution in [0.25, 0.3) is 0 Å². The second kappa shape index (κ2) is 7.36. The number of phenolic OH excluding ortho intramolecular Hbond substituents is 1. The lowest BCUT2D eigenvalue weighted by Crippen LogP contribution is -2.12. The summed E-state index contributed by atoms with van der Waals surface area (Å²) in [5.41, 5.74) is 1.08. The van der Waals surface area contributed by atoms with Gasteiger partial charge in [0.25, 0.3) is 0 Å². The summed E-state index contributed by atoms with van der Waals surface area (Å²) in [4.78, 5) is 24.4. The van der Waals surface area contributed by atoms with Crippen molar-refractivity contribution < 1.29 is 19.4 Å². The highest BCUT2D eigenvalue weighted by Gasteiger charge is 2.23. The molecule has 0 aromatic heterocycles. The molecule has 0 unspecified atom stereocenters. The molecule has 0 saturated heterocycles. The van der Waals surface area contributed by atoms with Crippen LogP contribution in [-0.4, -0.2) is 16.9 Å². The summed E-state index contributed by atoms with van der Waals surface area (Å²) in [5, 5.41) is 10.8. The van der Waals surface area contributed by atoms with Crippen LogP contribution in [0.5, 0.6) is 11.5 Å². The average Bonchev–Trinajstić information content (AvgIpc) is 2.54. The van der Waals surface area contributed by atoms with E-state index < -0.39 is 5.97 Å². The molecular weight excluding hydrogens is 396 g/mol. The van der Waals surface area contributed by atoms with Gasteiger partial charge in [-0.1, -0.05) is 25.4 Å². The fraction of sp³-hybridized carbons (Fsp3) is 0.222. The number of ketones is 1. The van der Waals surface area contributed by atoms with Crippen molar-refractivity contribution in [1.29, 1.82) is 0 Å². The molecule has 0 heterocycles. The van der Waals surface area contributed by atoms with Crippen LogP contribution in [-0.2, 0) is 0 Å². The topological polar surface area (TPSA) is 63.6 Å². The van der Waals surface area contributed by atoms with Crippen molar-refractivity contribution >= 4 is 39.3 Å². The number of phenols is 1. The number of hydrogen-bond donors (Lipinski definition) is 1. The van der Waals surface area contributed by atoms with E-state index in [1.807, 2.05) is 0 Å². The Morgan fingerprint density at radius 2 is 1.79 bits per heavy atom. The lowest BCUT2D eigenvalue weighted by Gasteiger charge is -2.15. The first-order valence-electron chi connectivity index (χ1n) is 7.26. The minimum absolute atomic E-state index is 0.174. The van der Waals surface area contributed by atoms with Crippen LogP contribution in [0.2, 0.25) is 5.02 Å². The van der Waals surface area contributed by atoms with Gasteiger partial charge >= 0.3 is 5.97 Å². The number of aryl methyl sites for hydroxylation is 1. The number of hydrogen-bond acceptors (Lipinski definition) is 4. The number of ether oxygens (including phenoxy) is 1. The Hall–Kier alpha value is -1.85. The fourth-order valence-electron chi connectivity index (χ4n) is 2.11. The third-order valence-electron chi connectivity index (χ3n) is 3.45. The van der Waals surface area contributed by atoms with Crippen LogP contribution in [0.3, 0.4) is 0 Å². The second-order valence-corrected chi connectivity index (χ2v) is 6.88. The molecule has 0 aliphatic carbocycles. The molecule has 2 aromatic carbocycles. The summed E-state index contributed by atoms with van der Waals surface area (Å²) in [7, 11) is 0. The summed E-state index contributed by atoms with van der Waals surface area (Å²) in [6.45, 7) is 5.20. The predicted octanol–water partition coefficient (Wildman–Crippen LogP) is 5.17. The van der Waals surface area contributed by atoms with Crippen LogP contribution in [0.4, 0.5) is 0 Å². The summed E-state index contributed by atoms with van der Waals surface area (Å²) in [6, 6.07) is 7.78. The summed E-state index contributed by atoms with van der Waals surface area (Å²) < 4.78 is 5.55. The zero-order valence-corrected chi connectivity index (χ0v) is 15.7. The Morgan fingerprint density at radius 1 is 1.21 bits per heavy atom. The summed E-state index contributed by atoms with van der Waals surface area (Å²) >= 11 is 9.01. The number of carbonyl (C=O) groups excluding carboxylic acids is 2.